The summed E-state index contributed by atoms with van der Waals surface area (Å²) in [5.74, 6) is -1.45. The quantitative estimate of drug-likeness (QED) is 0.754. The van der Waals surface area contributed by atoms with Gasteiger partial charge >= 0.3 is 6.18 Å². The molecule has 0 aliphatic carbocycles. The van der Waals surface area contributed by atoms with Gasteiger partial charge in [-0.15, -0.1) is 12.4 Å². The summed E-state index contributed by atoms with van der Waals surface area (Å²) in [6, 6.07) is 6.34. The maximum absolute atomic E-state index is 11.8. The predicted octanol–water partition coefficient (Wildman–Crippen LogP) is 0.975. The number of hydrogen-bond donors (Lipinski definition) is 3. The molecule has 0 saturated carbocycles. The van der Waals surface area contributed by atoms with Crippen LogP contribution in [0.4, 0.5) is 13.2 Å². The molecule has 0 unspecified atom stereocenters. The van der Waals surface area contributed by atoms with Gasteiger partial charge in [-0.1, -0.05) is 12.1 Å². The van der Waals surface area contributed by atoms with E-state index in [0.29, 0.717) is 12.1 Å². The minimum Gasteiger partial charge on any atom is -0.345 e. The molecule has 118 valence electrons. The van der Waals surface area contributed by atoms with Crippen molar-refractivity contribution >= 4 is 24.2 Å². The van der Waals surface area contributed by atoms with Crippen LogP contribution in [-0.4, -0.2) is 31.1 Å². The van der Waals surface area contributed by atoms with E-state index in [1.165, 1.54) is 12.1 Å². The lowest BCUT2D eigenvalue weighted by molar-refractivity contribution is -0.137. The van der Waals surface area contributed by atoms with E-state index in [4.69, 9.17) is 5.73 Å². The predicted molar refractivity (Wildman–Crippen MR) is 73.0 cm³/mol. The molecule has 0 atom stereocenters. The molecule has 0 radical (unpaired) electrons. The molecule has 0 heterocycles. The van der Waals surface area contributed by atoms with Crippen molar-refractivity contribution in [2.75, 3.05) is 13.1 Å². The van der Waals surface area contributed by atoms with Crippen molar-refractivity contribution in [3.8, 4) is 0 Å². The van der Waals surface area contributed by atoms with Gasteiger partial charge in [-0.05, 0) is 17.7 Å². The van der Waals surface area contributed by atoms with Crippen molar-refractivity contribution in [1.82, 2.24) is 10.6 Å². The summed E-state index contributed by atoms with van der Waals surface area (Å²) in [6.45, 7) is -1.61. The Morgan fingerprint density at radius 1 is 1.10 bits per heavy atom. The fourth-order valence-corrected chi connectivity index (χ4v) is 1.32. The maximum atomic E-state index is 11.8. The van der Waals surface area contributed by atoms with Crippen LogP contribution >= 0.6 is 12.4 Å². The van der Waals surface area contributed by atoms with Gasteiger partial charge in [0.05, 0.1) is 6.54 Å². The number of amides is 2. The van der Waals surface area contributed by atoms with E-state index >= 15 is 0 Å². The minimum absolute atomic E-state index is 0. The zero-order valence-corrected chi connectivity index (χ0v) is 11.7. The Bertz CT molecular complexity index is 478. The van der Waals surface area contributed by atoms with E-state index in [2.05, 4.69) is 5.32 Å². The topological polar surface area (TPSA) is 84.2 Å². The van der Waals surface area contributed by atoms with E-state index in [1.54, 1.807) is 17.4 Å². The third-order valence-electron chi connectivity index (χ3n) is 2.35. The van der Waals surface area contributed by atoms with E-state index in [0.717, 1.165) is 5.56 Å². The van der Waals surface area contributed by atoms with Crippen molar-refractivity contribution in [3.63, 3.8) is 0 Å². The van der Waals surface area contributed by atoms with Gasteiger partial charge < -0.3 is 16.4 Å². The molecule has 1 rings (SSSR count). The van der Waals surface area contributed by atoms with Gasteiger partial charge in [-0.2, -0.15) is 13.2 Å². The van der Waals surface area contributed by atoms with Gasteiger partial charge in [0.1, 0.15) is 6.54 Å². The highest BCUT2D eigenvalue weighted by Crippen LogP contribution is 2.11. The average Bonchev–Trinajstić information content (AvgIpc) is 2.41. The van der Waals surface area contributed by atoms with Gasteiger partial charge in [0, 0.05) is 12.1 Å². The number of nitrogens with one attached hydrogen (secondary N) is 2. The van der Waals surface area contributed by atoms with Crippen LogP contribution in [0.2, 0.25) is 0 Å². The molecule has 0 bridgehead atoms. The normalized spacial score (nSPS) is 10.5. The molecule has 4 N–H and O–H groups in total. The van der Waals surface area contributed by atoms with Gasteiger partial charge in [0.2, 0.25) is 5.91 Å². The first-order valence-electron chi connectivity index (χ1n) is 5.72. The first-order valence-corrected chi connectivity index (χ1v) is 5.72. The van der Waals surface area contributed by atoms with E-state index in [-0.39, 0.29) is 12.4 Å². The van der Waals surface area contributed by atoms with Crippen LogP contribution in [0.1, 0.15) is 15.9 Å². The molecular weight excluding hydrogens is 311 g/mol. The Balaban J connectivity index is 0.00000400. The number of nitrogens with two attached hydrogens (primary N) is 1. The summed E-state index contributed by atoms with van der Waals surface area (Å²) in [6.07, 6.45) is -4.47. The summed E-state index contributed by atoms with van der Waals surface area (Å²) in [5, 5.41) is 3.88. The lowest BCUT2D eigenvalue weighted by Crippen LogP contribution is -2.40. The number of benzene rings is 1. The Kier molecular flexibility index (Phi) is 7.75. The molecule has 2 amide bonds. The van der Waals surface area contributed by atoms with Crippen molar-refractivity contribution in [2.45, 2.75) is 12.7 Å². The first-order chi connectivity index (χ1) is 9.31. The summed E-state index contributed by atoms with van der Waals surface area (Å²) in [5.41, 5.74) is 6.53. The van der Waals surface area contributed by atoms with Crippen molar-refractivity contribution in [1.29, 1.82) is 0 Å². The van der Waals surface area contributed by atoms with Crippen LogP contribution in [0.15, 0.2) is 24.3 Å². The number of alkyl halides is 3. The summed E-state index contributed by atoms with van der Waals surface area (Å²) < 4.78 is 35.5. The average molecular weight is 326 g/mol. The van der Waals surface area contributed by atoms with Crippen molar-refractivity contribution in [3.05, 3.63) is 35.4 Å². The summed E-state index contributed by atoms with van der Waals surface area (Å²) >= 11 is 0. The largest absolute Gasteiger partial charge is 0.405 e. The van der Waals surface area contributed by atoms with Gasteiger partial charge in [-0.3, -0.25) is 9.59 Å². The van der Waals surface area contributed by atoms with Crippen LogP contribution in [0, 0.1) is 0 Å². The number of rotatable bonds is 5. The fourth-order valence-electron chi connectivity index (χ4n) is 1.32. The lowest BCUT2D eigenvalue weighted by Gasteiger charge is -2.09. The first kappa shape index (κ1) is 19.2. The maximum Gasteiger partial charge on any atom is 0.405 e. The van der Waals surface area contributed by atoms with Gasteiger partial charge in [0.25, 0.3) is 5.91 Å². The monoisotopic (exact) mass is 325 g/mol. The molecule has 21 heavy (non-hydrogen) atoms. The molecule has 1 aromatic carbocycles. The van der Waals surface area contributed by atoms with Crippen LogP contribution in [0.25, 0.3) is 0 Å². The molecule has 0 aliphatic heterocycles. The van der Waals surface area contributed by atoms with Crippen LogP contribution in [-0.2, 0) is 11.3 Å². The molecule has 0 fully saturated rings. The second-order valence-corrected chi connectivity index (χ2v) is 3.98. The standard InChI is InChI=1S/C12H14F3N3O2.ClH/c13-12(14,15)7-18-10(19)6-17-11(20)9-3-1-8(5-16)2-4-9;/h1-4H,5-7,16H2,(H,17,20)(H,18,19);1H. The van der Waals surface area contributed by atoms with Crippen molar-refractivity contribution < 1.29 is 22.8 Å². The third kappa shape index (κ3) is 7.52. The molecule has 0 saturated heterocycles. The highest BCUT2D eigenvalue weighted by Gasteiger charge is 2.27. The Hall–Kier alpha value is -1.80. The molecule has 1 aromatic rings. The second-order valence-electron chi connectivity index (χ2n) is 3.98. The zero-order chi connectivity index (χ0) is 15.2. The zero-order valence-electron chi connectivity index (χ0n) is 10.9. The number of carbonyl (C=O) groups is 2. The van der Waals surface area contributed by atoms with Crippen molar-refractivity contribution in [2.24, 2.45) is 5.73 Å². The van der Waals surface area contributed by atoms with E-state index in [9.17, 15) is 22.8 Å². The molecule has 9 heteroatoms. The minimum atomic E-state index is -4.47. The van der Waals surface area contributed by atoms with E-state index in [1.807, 2.05) is 0 Å². The molecule has 0 aliphatic rings. The van der Waals surface area contributed by atoms with Crippen LogP contribution in [0.3, 0.4) is 0 Å². The molecule has 0 spiro atoms. The highest BCUT2D eigenvalue weighted by molar-refractivity contribution is 5.96. The van der Waals surface area contributed by atoms with E-state index < -0.39 is 31.1 Å². The van der Waals surface area contributed by atoms with Crippen LogP contribution in [0.5, 0.6) is 0 Å². The number of hydrogen-bond acceptors (Lipinski definition) is 3. The Morgan fingerprint density at radius 3 is 2.14 bits per heavy atom. The van der Waals surface area contributed by atoms with Crippen LogP contribution < -0.4 is 16.4 Å². The SMILES string of the molecule is Cl.NCc1ccc(C(=O)NCC(=O)NCC(F)(F)F)cc1. The summed E-state index contributed by atoms with van der Waals surface area (Å²) in [4.78, 5) is 22.7. The smallest absolute Gasteiger partial charge is 0.345 e. The lowest BCUT2D eigenvalue weighted by atomic mass is 10.1. The molecule has 5 nitrogen and oxygen atoms in total. The second kappa shape index (κ2) is 8.48. The number of carbonyl (C=O) groups excluding carboxylic acids is 2. The Labute approximate surface area is 125 Å². The molecule has 0 aromatic heterocycles. The molecular formula is C12H15ClF3N3O2. The number of halogens is 4. The van der Waals surface area contributed by atoms with Gasteiger partial charge in [0.15, 0.2) is 0 Å². The fraction of sp³-hybridized carbons (Fsp3) is 0.333. The van der Waals surface area contributed by atoms with Gasteiger partial charge in [-0.25, -0.2) is 0 Å². The third-order valence-corrected chi connectivity index (χ3v) is 2.35. The highest BCUT2D eigenvalue weighted by atomic mass is 35.5. The Morgan fingerprint density at radius 2 is 1.67 bits per heavy atom. The summed E-state index contributed by atoms with van der Waals surface area (Å²) in [7, 11) is 0.